The molecule has 0 aliphatic heterocycles. The lowest BCUT2D eigenvalue weighted by atomic mass is 10.0. The average molecular weight is 332 g/mol. The Bertz CT molecular complexity index is 1020. The highest BCUT2D eigenvalue weighted by molar-refractivity contribution is 5.99. The first kappa shape index (κ1) is 16.7. The van der Waals surface area contributed by atoms with E-state index in [1.807, 2.05) is 73.9 Å². The molecule has 0 saturated heterocycles. The fourth-order valence-electron chi connectivity index (χ4n) is 3.06. The Balaban J connectivity index is 2.45. The number of rotatable bonds is 3. The summed E-state index contributed by atoms with van der Waals surface area (Å²) < 4.78 is 1.91. The number of nitrogens with zero attached hydrogens (tertiary/aromatic N) is 1. The van der Waals surface area contributed by atoms with E-state index in [1.165, 1.54) is 6.07 Å². The molecular weight excluding hydrogens is 312 g/mol. The highest BCUT2D eigenvalue weighted by atomic mass is 16.2. The molecule has 2 N–H and O–H groups in total. The molecule has 0 fully saturated rings. The second-order valence-corrected chi connectivity index (χ2v) is 6.28. The first-order chi connectivity index (χ1) is 11.9. The van der Waals surface area contributed by atoms with Crippen molar-refractivity contribution in [2.24, 2.45) is 5.73 Å². The molecule has 0 bridgehead atoms. The van der Waals surface area contributed by atoms with Crippen LogP contribution in [0.4, 0.5) is 0 Å². The number of aryl methyl sites for hydroxylation is 3. The summed E-state index contributed by atoms with van der Waals surface area (Å²) in [5.74, 6) is -0.720. The minimum Gasteiger partial charge on any atom is -0.365 e. The Morgan fingerprint density at radius 2 is 1.60 bits per heavy atom. The molecule has 2 aromatic carbocycles. The van der Waals surface area contributed by atoms with Crippen LogP contribution in [0.25, 0.3) is 16.9 Å². The van der Waals surface area contributed by atoms with Crippen LogP contribution in [0, 0.1) is 20.8 Å². The maximum Gasteiger partial charge on any atom is 0.254 e. The number of hydrogen-bond donors (Lipinski definition) is 1. The molecule has 3 aromatic rings. The van der Waals surface area contributed by atoms with Gasteiger partial charge in [-0.25, -0.2) is 0 Å². The van der Waals surface area contributed by atoms with Crippen molar-refractivity contribution in [2.75, 3.05) is 0 Å². The number of pyridine rings is 1. The first-order valence-electron chi connectivity index (χ1n) is 8.09. The number of carbonyl (C=O) groups excluding carboxylic acids is 1. The number of amides is 1. The third kappa shape index (κ3) is 3.11. The summed E-state index contributed by atoms with van der Waals surface area (Å²) >= 11 is 0. The molecule has 4 nitrogen and oxygen atoms in total. The van der Waals surface area contributed by atoms with Crippen LogP contribution in [-0.2, 0) is 0 Å². The standard InChI is InChI=1S/C21H20N2O2/c1-13-7-9-17(10-8-13)23-15(3)12-18(24)19(21(22)25)20(23)16-6-4-5-14(2)11-16/h4-12H,1-3H3,(H2,22,25). The molecular formula is C21H20N2O2. The fourth-order valence-corrected chi connectivity index (χ4v) is 3.06. The lowest BCUT2D eigenvalue weighted by Crippen LogP contribution is -2.26. The maximum absolute atomic E-state index is 12.5. The van der Waals surface area contributed by atoms with Crippen LogP contribution in [0.1, 0.15) is 27.2 Å². The number of hydrogen-bond acceptors (Lipinski definition) is 2. The SMILES string of the molecule is Cc1ccc(-n2c(C)cc(=O)c(C(N)=O)c2-c2cccc(C)c2)cc1. The molecule has 0 aliphatic carbocycles. The lowest BCUT2D eigenvalue weighted by Gasteiger charge is -2.20. The number of carbonyl (C=O) groups is 1. The largest absolute Gasteiger partial charge is 0.365 e. The van der Waals surface area contributed by atoms with E-state index >= 15 is 0 Å². The van der Waals surface area contributed by atoms with Crippen molar-refractivity contribution in [3.63, 3.8) is 0 Å². The van der Waals surface area contributed by atoms with E-state index in [2.05, 4.69) is 0 Å². The van der Waals surface area contributed by atoms with Crippen LogP contribution < -0.4 is 11.2 Å². The Morgan fingerprint density at radius 1 is 0.920 bits per heavy atom. The molecule has 0 aliphatic rings. The van der Waals surface area contributed by atoms with E-state index in [0.29, 0.717) is 5.69 Å². The predicted molar refractivity (Wildman–Crippen MR) is 100 cm³/mol. The van der Waals surface area contributed by atoms with Crippen molar-refractivity contribution in [3.8, 4) is 16.9 Å². The van der Waals surface area contributed by atoms with Gasteiger partial charge in [-0.2, -0.15) is 0 Å². The summed E-state index contributed by atoms with van der Waals surface area (Å²) in [7, 11) is 0. The summed E-state index contributed by atoms with van der Waals surface area (Å²) in [5.41, 5.74) is 10.3. The van der Waals surface area contributed by atoms with Crippen LogP contribution in [-0.4, -0.2) is 10.5 Å². The van der Waals surface area contributed by atoms with E-state index in [4.69, 9.17) is 5.73 Å². The van der Waals surface area contributed by atoms with Crippen LogP contribution in [0.15, 0.2) is 59.4 Å². The van der Waals surface area contributed by atoms with Crippen molar-refractivity contribution < 1.29 is 4.79 Å². The number of primary amides is 1. The predicted octanol–water partition coefficient (Wildman–Crippen LogP) is 3.53. The maximum atomic E-state index is 12.5. The van der Waals surface area contributed by atoms with Crippen molar-refractivity contribution in [1.29, 1.82) is 0 Å². The molecule has 1 heterocycles. The minimum absolute atomic E-state index is 0.0109. The smallest absolute Gasteiger partial charge is 0.254 e. The molecule has 1 aromatic heterocycles. The van der Waals surface area contributed by atoms with Gasteiger partial charge in [0.25, 0.3) is 5.91 Å². The van der Waals surface area contributed by atoms with Gasteiger partial charge in [0.05, 0.1) is 5.69 Å². The monoisotopic (exact) mass is 332 g/mol. The number of benzene rings is 2. The van der Waals surface area contributed by atoms with Crippen molar-refractivity contribution in [2.45, 2.75) is 20.8 Å². The van der Waals surface area contributed by atoms with Crippen molar-refractivity contribution >= 4 is 5.91 Å². The van der Waals surface area contributed by atoms with E-state index in [0.717, 1.165) is 28.1 Å². The average Bonchev–Trinajstić information content (AvgIpc) is 2.55. The van der Waals surface area contributed by atoms with Gasteiger partial charge in [0, 0.05) is 17.4 Å². The van der Waals surface area contributed by atoms with Gasteiger partial charge in [-0.05, 0) is 44.5 Å². The highest BCUT2D eigenvalue weighted by Gasteiger charge is 2.20. The summed E-state index contributed by atoms with van der Waals surface area (Å²) in [6.45, 7) is 5.83. The van der Waals surface area contributed by atoms with Crippen LogP contribution in [0.3, 0.4) is 0 Å². The van der Waals surface area contributed by atoms with Gasteiger partial charge >= 0.3 is 0 Å². The Hall–Kier alpha value is -3.14. The summed E-state index contributed by atoms with van der Waals surface area (Å²) in [6.07, 6.45) is 0. The normalized spacial score (nSPS) is 10.7. The highest BCUT2D eigenvalue weighted by Crippen LogP contribution is 2.27. The zero-order valence-corrected chi connectivity index (χ0v) is 14.5. The second kappa shape index (κ2) is 6.40. The molecule has 126 valence electrons. The Kier molecular flexibility index (Phi) is 4.28. The summed E-state index contributed by atoms with van der Waals surface area (Å²) in [4.78, 5) is 24.5. The van der Waals surface area contributed by atoms with E-state index in [-0.39, 0.29) is 11.0 Å². The van der Waals surface area contributed by atoms with Gasteiger partial charge in [-0.3, -0.25) is 9.59 Å². The third-order valence-electron chi connectivity index (χ3n) is 4.23. The molecule has 25 heavy (non-hydrogen) atoms. The first-order valence-corrected chi connectivity index (χ1v) is 8.09. The van der Waals surface area contributed by atoms with Crippen LogP contribution in [0.2, 0.25) is 0 Å². The van der Waals surface area contributed by atoms with Gasteiger partial charge in [0.2, 0.25) is 0 Å². The van der Waals surface area contributed by atoms with E-state index in [9.17, 15) is 9.59 Å². The molecule has 0 atom stereocenters. The third-order valence-corrected chi connectivity index (χ3v) is 4.23. The molecule has 0 radical (unpaired) electrons. The van der Waals surface area contributed by atoms with Gasteiger partial charge in [-0.1, -0.05) is 41.5 Å². The van der Waals surface area contributed by atoms with Crippen molar-refractivity contribution in [3.05, 3.63) is 87.2 Å². The van der Waals surface area contributed by atoms with Crippen LogP contribution >= 0.6 is 0 Å². The summed E-state index contributed by atoms with van der Waals surface area (Å²) in [6, 6.07) is 17.1. The Labute approximate surface area is 146 Å². The van der Waals surface area contributed by atoms with Crippen LogP contribution in [0.5, 0.6) is 0 Å². The molecule has 0 spiro atoms. The minimum atomic E-state index is -0.720. The molecule has 0 saturated carbocycles. The fraction of sp³-hybridized carbons (Fsp3) is 0.143. The topological polar surface area (TPSA) is 65.1 Å². The van der Waals surface area contributed by atoms with Gasteiger partial charge in [0.15, 0.2) is 5.43 Å². The second-order valence-electron chi connectivity index (χ2n) is 6.28. The zero-order valence-electron chi connectivity index (χ0n) is 14.5. The molecule has 0 unspecified atom stereocenters. The quantitative estimate of drug-likeness (QED) is 0.797. The molecule has 3 rings (SSSR count). The van der Waals surface area contributed by atoms with E-state index < -0.39 is 5.91 Å². The number of nitrogens with two attached hydrogens (primary N) is 1. The number of aromatic nitrogens is 1. The Morgan fingerprint density at radius 3 is 2.20 bits per heavy atom. The lowest BCUT2D eigenvalue weighted by molar-refractivity contribution is 0.0999. The van der Waals surface area contributed by atoms with Gasteiger partial charge in [0.1, 0.15) is 5.56 Å². The van der Waals surface area contributed by atoms with Gasteiger partial charge < -0.3 is 10.3 Å². The zero-order chi connectivity index (χ0) is 18.1. The van der Waals surface area contributed by atoms with Gasteiger partial charge in [-0.15, -0.1) is 0 Å². The molecule has 1 amide bonds. The van der Waals surface area contributed by atoms with Crippen molar-refractivity contribution in [1.82, 2.24) is 4.57 Å². The summed E-state index contributed by atoms with van der Waals surface area (Å²) in [5, 5.41) is 0. The molecule has 4 heteroatoms. The van der Waals surface area contributed by atoms with E-state index in [1.54, 1.807) is 0 Å².